The lowest BCUT2D eigenvalue weighted by atomic mass is 10.0. The van der Waals surface area contributed by atoms with Crippen molar-refractivity contribution in [1.82, 2.24) is 10.2 Å². The van der Waals surface area contributed by atoms with Crippen molar-refractivity contribution in [2.45, 2.75) is 39.3 Å². The number of nitrogens with one attached hydrogen (secondary N) is 1. The van der Waals surface area contributed by atoms with Crippen LogP contribution in [0.2, 0.25) is 0 Å². The topological polar surface area (TPSA) is 49.4 Å². The molecule has 1 saturated heterocycles. The number of nitrogens with zero attached hydrogens (tertiary/aromatic N) is 1. The van der Waals surface area contributed by atoms with E-state index in [1.165, 1.54) is 0 Å². The number of carbonyl (C=O) groups excluding carboxylic acids is 2. The molecule has 0 spiro atoms. The standard InChI is InChI=1S/C12H22N2O2S/c1-5-10-11(15)13-9(3)12(16)14(10)6-8(2)7-17-4/h8-10H,5-7H2,1-4H3,(H,13,15). The molecular formula is C12H22N2O2S. The van der Waals surface area contributed by atoms with E-state index < -0.39 is 0 Å². The van der Waals surface area contributed by atoms with E-state index in [0.29, 0.717) is 18.9 Å². The van der Waals surface area contributed by atoms with Crippen LogP contribution < -0.4 is 5.32 Å². The maximum absolute atomic E-state index is 12.1. The molecule has 5 heteroatoms. The molecule has 1 heterocycles. The van der Waals surface area contributed by atoms with Gasteiger partial charge < -0.3 is 10.2 Å². The van der Waals surface area contributed by atoms with Crippen molar-refractivity contribution in [3.63, 3.8) is 0 Å². The average molecular weight is 258 g/mol. The predicted molar refractivity (Wildman–Crippen MR) is 70.9 cm³/mol. The van der Waals surface area contributed by atoms with E-state index in [2.05, 4.69) is 18.5 Å². The summed E-state index contributed by atoms with van der Waals surface area (Å²) in [5.74, 6) is 1.46. The van der Waals surface area contributed by atoms with Crippen LogP contribution in [-0.4, -0.2) is 47.4 Å². The fraction of sp³-hybridized carbons (Fsp3) is 0.833. The number of hydrogen-bond acceptors (Lipinski definition) is 3. The largest absolute Gasteiger partial charge is 0.343 e. The van der Waals surface area contributed by atoms with Crippen molar-refractivity contribution in [3.05, 3.63) is 0 Å². The molecule has 4 nitrogen and oxygen atoms in total. The van der Waals surface area contributed by atoms with Crippen molar-refractivity contribution < 1.29 is 9.59 Å². The minimum atomic E-state index is -0.383. The van der Waals surface area contributed by atoms with Crippen molar-refractivity contribution in [2.75, 3.05) is 18.6 Å². The molecule has 2 amide bonds. The third kappa shape index (κ3) is 3.37. The molecule has 1 rings (SSSR count). The fourth-order valence-corrected chi connectivity index (χ4v) is 2.89. The van der Waals surface area contributed by atoms with E-state index in [9.17, 15) is 9.59 Å². The van der Waals surface area contributed by atoms with Crippen LogP contribution >= 0.6 is 11.8 Å². The summed E-state index contributed by atoms with van der Waals surface area (Å²) >= 11 is 1.77. The minimum absolute atomic E-state index is 0.0176. The number of thioether (sulfide) groups is 1. The lowest BCUT2D eigenvalue weighted by molar-refractivity contribution is -0.149. The third-order valence-electron chi connectivity index (χ3n) is 3.04. The minimum Gasteiger partial charge on any atom is -0.343 e. The Bertz CT molecular complexity index is 296. The molecule has 98 valence electrons. The molecule has 17 heavy (non-hydrogen) atoms. The zero-order valence-electron chi connectivity index (χ0n) is 11.0. The fourth-order valence-electron chi connectivity index (χ4n) is 2.21. The van der Waals surface area contributed by atoms with E-state index in [-0.39, 0.29) is 23.9 Å². The lowest BCUT2D eigenvalue weighted by Crippen LogP contribution is -2.62. The molecule has 0 aromatic heterocycles. The van der Waals surface area contributed by atoms with Crippen LogP contribution in [0.4, 0.5) is 0 Å². The van der Waals surface area contributed by atoms with Crippen molar-refractivity contribution in [3.8, 4) is 0 Å². The molecule has 0 radical (unpaired) electrons. The highest BCUT2D eigenvalue weighted by molar-refractivity contribution is 7.98. The summed E-state index contributed by atoms with van der Waals surface area (Å²) in [5.41, 5.74) is 0. The van der Waals surface area contributed by atoms with Gasteiger partial charge in [-0.15, -0.1) is 0 Å². The quantitative estimate of drug-likeness (QED) is 0.803. The second-order valence-electron chi connectivity index (χ2n) is 4.71. The van der Waals surface area contributed by atoms with Crippen LogP contribution in [0.3, 0.4) is 0 Å². The summed E-state index contributed by atoms with van der Waals surface area (Å²) in [5, 5.41) is 2.73. The van der Waals surface area contributed by atoms with Gasteiger partial charge in [0.2, 0.25) is 11.8 Å². The van der Waals surface area contributed by atoms with Crippen LogP contribution in [-0.2, 0) is 9.59 Å². The Hall–Kier alpha value is -0.710. The average Bonchev–Trinajstić information content (AvgIpc) is 2.26. The summed E-state index contributed by atoms with van der Waals surface area (Å²) in [4.78, 5) is 25.7. The lowest BCUT2D eigenvalue weighted by Gasteiger charge is -2.38. The van der Waals surface area contributed by atoms with Gasteiger partial charge in [0.1, 0.15) is 12.1 Å². The van der Waals surface area contributed by atoms with Gasteiger partial charge >= 0.3 is 0 Å². The second-order valence-corrected chi connectivity index (χ2v) is 5.62. The van der Waals surface area contributed by atoms with Gasteiger partial charge in [0.05, 0.1) is 0 Å². The Morgan fingerprint density at radius 3 is 2.65 bits per heavy atom. The normalized spacial score (nSPS) is 26.9. The summed E-state index contributed by atoms with van der Waals surface area (Å²) in [6.45, 7) is 6.49. The smallest absolute Gasteiger partial charge is 0.245 e. The van der Waals surface area contributed by atoms with Gasteiger partial charge in [-0.25, -0.2) is 0 Å². The molecule has 1 fully saturated rings. The molecule has 1 aliphatic rings. The third-order valence-corrected chi connectivity index (χ3v) is 3.94. The number of carbonyl (C=O) groups is 2. The summed E-state index contributed by atoms with van der Waals surface area (Å²) < 4.78 is 0. The number of rotatable bonds is 5. The SMILES string of the molecule is CCC1C(=O)NC(C)C(=O)N1CC(C)CSC. The van der Waals surface area contributed by atoms with Gasteiger partial charge in [0, 0.05) is 6.54 Å². The highest BCUT2D eigenvalue weighted by atomic mass is 32.2. The highest BCUT2D eigenvalue weighted by Crippen LogP contribution is 2.16. The van der Waals surface area contributed by atoms with Crippen LogP contribution in [0.25, 0.3) is 0 Å². The Labute approximate surface area is 108 Å². The molecule has 0 bridgehead atoms. The zero-order valence-corrected chi connectivity index (χ0v) is 11.8. The first-order valence-electron chi connectivity index (χ1n) is 6.11. The molecule has 0 saturated carbocycles. The summed E-state index contributed by atoms with van der Waals surface area (Å²) in [6, 6.07) is -0.671. The second kappa shape index (κ2) is 6.28. The molecule has 0 aromatic carbocycles. The first-order valence-corrected chi connectivity index (χ1v) is 7.50. The molecule has 0 aromatic rings. The van der Waals surface area contributed by atoms with E-state index in [4.69, 9.17) is 0 Å². The van der Waals surface area contributed by atoms with Crippen LogP contribution in [0.1, 0.15) is 27.2 Å². The van der Waals surface area contributed by atoms with E-state index >= 15 is 0 Å². The summed E-state index contributed by atoms with van der Waals surface area (Å²) in [6.07, 6.45) is 2.73. The van der Waals surface area contributed by atoms with Gasteiger partial charge in [0.15, 0.2) is 0 Å². The number of amides is 2. The zero-order chi connectivity index (χ0) is 13.0. The first kappa shape index (κ1) is 14.4. The van der Waals surface area contributed by atoms with Gasteiger partial charge in [-0.05, 0) is 31.3 Å². The Kier molecular flexibility index (Phi) is 5.31. The highest BCUT2D eigenvalue weighted by Gasteiger charge is 2.37. The van der Waals surface area contributed by atoms with Gasteiger partial charge in [-0.3, -0.25) is 9.59 Å². The Morgan fingerprint density at radius 2 is 2.12 bits per heavy atom. The van der Waals surface area contributed by atoms with Crippen molar-refractivity contribution >= 4 is 23.6 Å². The molecule has 1 aliphatic heterocycles. The molecular weight excluding hydrogens is 236 g/mol. The van der Waals surface area contributed by atoms with E-state index in [1.54, 1.807) is 23.6 Å². The van der Waals surface area contributed by atoms with E-state index in [0.717, 1.165) is 5.75 Å². The van der Waals surface area contributed by atoms with Gasteiger partial charge in [0.25, 0.3) is 0 Å². The maximum Gasteiger partial charge on any atom is 0.245 e. The van der Waals surface area contributed by atoms with Crippen molar-refractivity contribution in [1.29, 1.82) is 0 Å². The Balaban J connectivity index is 2.75. The van der Waals surface area contributed by atoms with Gasteiger partial charge in [-0.2, -0.15) is 11.8 Å². The molecule has 3 unspecified atom stereocenters. The van der Waals surface area contributed by atoms with Crippen LogP contribution in [0, 0.1) is 5.92 Å². The molecule has 3 atom stereocenters. The predicted octanol–water partition coefficient (Wildman–Crippen LogP) is 1.11. The van der Waals surface area contributed by atoms with Gasteiger partial charge in [-0.1, -0.05) is 13.8 Å². The number of piperazine rings is 1. The molecule has 1 N–H and O–H groups in total. The maximum atomic E-state index is 12.1. The molecule has 0 aliphatic carbocycles. The Morgan fingerprint density at radius 1 is 1.47 bits per heavy atom. The van der Waals surface area contributed by atoms with E-state index in [1.807, 2.05) is 6.92 Å². The summed E-state index contributed by atoms with van der Waals surface area (Å²) in [7, 11) is 0. The van der Waals surface area contributed by atoms with Crippen molar-refractivity contribution in [2.24, 2.45) is 5.92 Å². The monoisotopic (exact) mass is 258 g/mol. The van der Waals surface area contributed by atoms with Crippen LogP contribution in [0.5, 0.6) is 0 Å². The number of hydrogen-bond donors (Lipinski definition) is 1. The first-order chi connectivity index (χ1) is 8.01. The van der Waals surface area contributed by atoms with Crippen LogP contribution in [0.15, 0.2) is 0 Å².